The highest BCUT2D eigenvalue weighted by Crippen LogP contribution is 2.21. The number of nitrogens with one attached hydrogen (secondary N) is 2. The molecule has 2 aromatic rings. The van der Waals surface area contributed by atoms with Gasteiger partial charge < -0.3 is 15.5 Å². The number of hydrogen-bond donors (Lipinski definition) is 2. The van der Waals surface area contributed by atoms with Crippen molar-refractivity contribution in [1.29, 1.82) is 0 Å². The molecule has 0 aliphatic carbocycles. The fraction of sp³-hybridized carbons (Fsp3) is 0.450. The van der Waals surface area contributed by atoms with Gasteiger partial charge in [0.2, 0.25) is 0 Å². The molecule has 0 saturated carbocycles. The number of hydrogen-bond acceptors (Lipinski definition) is 3. The first kappa shape index (κ1) is 19.9. The minimum absolute atomic E-state index is 0.101. The van der Waals surface area contributed by atoms with E-state index in [1.165, 1.54) is 12.1 Å². The van der Waals surface area contributed by atoms with E-state index in [0.29, 0.717) is 43.5 Å². The van der Waals surface area contributed by atoms with Crippen molar-refractivity contribution < 1.29 is 14.0 Å². The third-order valence-corrected chi connectivity index (χ3v) is 5.08. The molecule has 150 valence electrons. The Labute approximate surface area is 163 Å². The fourth-order valence-electron chi connectivity index (χ4n) is 3.42. The lowest BCUT2D eigenvalue weighted by molar-refractivity contribution is 0.0939. The molecule has 28 heavy (non-hydrogen) atoms. The van der Waals surface area contributed by atoms with Gasteiger partial charge in [-0.05, 0) is 62.4 Å². The van der Waals surface area contributed by atoms with Crippen molar-refractivity contribution in [3.8, 4) is 0 Å². The molecular formula is C20H26FN5O2. The number of urea groups is 1. The number of carbonyl (C=O) groups is 2. The van der Waals surface area contributed by atoms with Crippen molar-refractivity contribution in [3.05, 3.63) is 48.0 Å². The SMILES string of the molecule is CCn1nccc1C(=O)NCCC1CCN(C(=O)Nc2ccc(F)cc2)CC1. The Bertz CT molecular complexity index is 797. The molecule has 1 aromatic heterocycles. The Balaban J connectivity index is 1.37. The molecule has 1 aromatic carbocycles. The maximum atomic E-state index is 12.9. The highest BCUT2D eigenvalue weighted by Gasteiger charge is 2.23. The van der Waals surface area contributed by atoms with E-state index in [4.69, 9.17) is 0 Å². The van der Waals surface area contributed by atoms with Crippen molar-refractivity contribution in [2.45, 2.75) is 32.7 Å². The molecular weight excluding hydrogens is 361 g/mol. The van der Waals surface area contributed by atoms with E-state index in [9.17, 15) is 14.0 Å². The third kappa shape index (κ3) is 5.09. The molecule has 0 radical (unpaired) electrons. The van der Waals surface area contributed by atoms with Gasteiger partial charge in [0.15, 0.2) is 0 Å². The molecule has 0 atom stereocenters. The molecule has 0 bridgehead atoms. The lowest BCUT2D eigenvalue weighted by Gasteiger charge is -2.32. The maximum Gasteiger partial charge on any atom is 0.321 e. The van der Waals surface area contributed by atoms with Gasteiger partial charge in [0.25, 0.3) is 5.91 Å². The summed E-state index contributed by atoms with van der Waals surface area (Å²) in [6.45, 7) is 4.57. The summed E-state index contributed by atoms with van der Waals surface area (Å²) in [7, 11) is 0. The van der Waals surface area contributed by atoms with Crippen molar-refractivity contribution in [3.63, 3.8) is 0 Å². The first-order valence-electron chi connectivity index (χ1n) is 9.68. The standard InChI is InChI=1S/C20H26FN5O2/c1-2-26-18(8-12-23-26)19(27)22-11-7-15-9-13-25(14-10-15)20(28)24-17-5-3-16(21)4-6-17/h3-6,8,12,15H,2,7,9-11,13-14H2,1H3,(H,22,27)(H,24,28). The van der Waals surface area contributed by atoms with E-state index in [1.54, 1.807) is 34.0 Å². The van der Waals surface area contributed by atoms with Crippen LogP contribution >= 0.6 is 0 Å². The summed E-state index contributed by atoms with van der Waals surface area (Å²) in [5.41, 5.74) is 1.16. The van der Waals surface area contributed by atoms with E-state index in [1.807, 2.05) is 6.92 Å². The molecule has 2 heterocycles. The zero-order valence-electron chi connectivity index (χ0n) is 16.0. The third-order valence-electron chi connectivity index (χ3n) is 5.08. The average Bonchev–Trinajstić information content (AvgIpc) is 3.19. The van der Waals surface area contributed by atoms with Gasteiger partial charge >= 0.3 is 6.03 Å². The van der Waals surface area contributed by atoms with Crippen LogP contribution in [-0.2, 0) is 6.54 Å². The van der Waals surface area contributed by atoms with Gasteiger partial charge in [-0.25, -0.2) is 9.18 Å². The summed E-state index contributed by atoms with van der Waals surface area (Å²) in [5.74, 6) is 0.0479. The van der Waals surface area contributed by atoms with Crippen LogP contribution in [0, 0.1) is 11.7 Å². The molecule has 0 unspecified atom stereocenters. The summed E-state index contributed by atoms with van der Waals surface area (Å²) < 4.78 is 14.6. The smallest absolute Gasteiger partial charge is 0.321 e. The van der Waals surface area contributed by atoms with E-state index < -0.39 is 0 Å². The molecule has 8 heteroatoms. The molecule has 7 nitrogen and oxygen atoms in total. The molecule has 3 rings (SSSR count). The maximum absolute atomic E-state index is 12.9. The highest BCUT2D eigenvalue weighted by molar-refractivity contribution is 5.92. The zero-order valence-corrected chi connectivity index (χ0v) is 16.0. The predicted octanol–water partition coefficient (Wildman–Crippen LogP) is 3.11. The second-order valence-electron chi connectivity index (χ2n) is 6.94. The van der Waals surface area contributed by atoms with Crippen LogP contribution in [-0.4, -0.2) is 46.3 Å². The number of amides is 3. The Morgan fingerprint density at radius 3 is 2.57 bits per heavy atom. The highest BCUT2D eigenvalue weighted by atomic mass is 19.1. The number of aromatic nitrogens is 2. The Kier molecular flexibility index (Phi) is 6.62. The van der Waals surface area contributed by atoms with Gasteiger partial charge in [0.05, 0.1) is 0 Å². The van der Waals surface area contributed by atoms with Gasteiger partial charge in [-0.2, -0.15) is 5.10 Å². The van der Waals surface area contributed by atoms with E-state index in [-0.39, 0.29) is 17.8 Å². The number of piperidine rings is 1. The Morgan fingerprint density at radius 1 is 1.18 bits per heavy atom. The summed E-state index contributed by atoms with van der Waals surface area (Å²) in [5, 5.41) is 9.85. The lowest BCUT2D eigenvalue weighted by atomic mass is 9.93. The quantitative estimate of drug-likeness (QED) is 0.799. The molecule has 1 saturated heterocycles. The molecule has 3 amide bonds. The summed E-state index contributed by atoms with van der Waals surface area (Å²) in [4.78, 5) is 26.3. The number of likely N-dealkylation sites (tertiary alicyclic amines) is 1. The van der Waals surface area contributed by atoms with Crippen LogP contribution in [0.15, 0.2) is 36.5 Å². The van der Waals surface area contributed by atoms with Crippen LogP contribution in [0.25, 0.3) is 0 Å². The first-order valence-corrected chi connectivity index (χ1v) is 9.68. The van der Waals surface area contributed by atoms with Gasteiger partial charge in [0.1, 0.15) is 11.5 Å². The van der Waals surface area contributed by atoms with Crippen LogP contribution in [0.5, 0.6) is 0 Å². The minimum Gasteiger partial charge on any atom is -0.351 e. The van der Waals surface area contributed by atoms with E-state index in [0.717, 1.165) is 19.3 Å². The topological polar surface area (TPSA) is 79.3 Å². The Hall–Kier alpha value is -2.90. The number of carbonyl (C=O) groups excluding carboxylic acids is 2. The Morgan fingerprint density at radius 2 is 1.89 bits per heavy atom. The van der Waals surface area contributed by atoms with Crippen molar-refractivity contribution in [1.82, 2.24) is 20.0 Å². The summed E-state index contributed by atoms with van der Waals surface area (Å²) in [6, 6.07) is 7.30. The number of nitrogens with zero attached hydrogens (tertiary/aromatic N) is 3. The summed E-state index contributed by atoms with van der Waals surface area (Å²) in [6.07, 6.45) is 4.32. The number of halogens is 1. The largest absolute Gasteiger partial charge is 0.351 e. The zero-order chi connectivity index (χ0) is 19.9. The van der Waals surface area contributed by atoms with Crippen LogP contribution < -0.4 is 10.6 Å². The number of aryl methyl sites for hydroxylation is 1. The van der Waals surface area contributed by atoms with Crippen molar-refractivity contribution in [2.24, 2.45) is 5.92 Å². The second kappa shape index (κ2) is 9.34. The molecule has 1 aliphatic rings. The first-order chi connectivity index (χ1) is 13.6. The molecule has 1 fully saturated rings. The second-order valence-corrected chi connectivity index (χ2v) is 6.94. The van der Waals surface area contributed by atoms with Crippen LogP contribution in [0.3, 0.4) is 0 Å². The van der Waals surface area contributed by atoms with Gasteiger partial charge in [-0.15, -0.1) is 0 Å². The van der Waals surface area contributed by atoms with Crippen molar-refractivity contribution in [2.75, 3.05) is 25.0 Å². The van der Waals surface area contributed by atoms with E-state index >= 15 is 0 Å². The van der Waals surface area contributed by atoms with Gasteiger partial charge in [0, 0.05) is 38.1 Å². The molecule has 1 aliphatic heterocycles. The van der Waals surface area contributed by atoms with Gasteiger partial charge in [-0.1, -0.05) is 0 Å². The van der Waals surface area contributed by atoms with Crippen LogP contribution in [0.4, 0.5) is 14.9 Å². The number of rotatable bonds is 6. The van der Waals surface area contributed by atoms with Gasteiger partial charge in [-0.3, -0.25) is 9.48 Å². The fourth-order valence-corrected chi connectivity index (χ4v) is 3.42. The minimum atomic E-state index is -0.329. The normalized spacial score (nSPS) is 14.7. The number of anilines is 1. The van der Waals surface area contributed by atoms with Crippen LogP contribution in [0.1, 0.15) is 36.7 Å². The monoisotopic (exact) mass is 387 g/mol. The summed E-state index contributed by atoms with van der Waals surface area (Å²) >= 11 is 0. The average molecular weight is 387 g/mol. The van der Waals surface area contributed by atoms with Crippen molar-refractivity contribution >= 4 is 17.6 Å². The molecule has 2 N–H and O–H groups in total. The lowest BCUT2D eigenvalue weighted by Crippen LogP contribution is -2.41. The van der Waals surface area contributed by atoms with Crippen LogP contribution in [0.2, 0.25) is 0 Å². The van der Waals surface area contributed by atoms with E-state index in [2.05, 4.69) is 15.7 Å². The predicted molar refractivity (Wildman–Crippen MR) is 105 cm³/mol. The number of benzene rings is 1. The molecule has 0 spiro atoms.